The maximum atomic E-state index is 13.5. The maximum absolute atomic E-state index is 13.5. The Morgan fingerprint density at radius 1 is 1.09 bits per heavy atom. The van der Waals surface area contributed by atoms with E-state index >= 15 is 0 Å². The molecule has 0 radical (unpaired) electrons. The average molecular weight is 439 g/mol. The average Bonchev–Trinajstić information content (AvgIpc) is 3.01. The lowest BCUT2D eigenvalue weighted by molar-refractivity contribution is -0.135. The van der Waals surface area contributed by atoms with Crippen molar-refractivity contribution in [1.29, 1.82) is 0 Å². The van der Waals surface area contributed by atoms with E-state index in [9.17, 15) is 23.2 Å². The number of nitrogens with one attached hydrogen (secondary N) is 1. The maximum Gasteiger partial charge on any atom is 0.325 e. The van der Waals surface area contributed by atoms with E-state index in [1.165, 1.54) is 12.4 Å². The second kappa shape index (κ2) is 8.07. The van der Waals surface area contributed by atoms with Crippen LogP contribution in [0.3, 0.4) is 0 Å². The Hall–Kier alpha value is -3.74. The molecule has 1 aromatic heterocycles. The molecule has 10 heteroatoms. The summed E-state index contributed by atoms with van der Waals surface area (Å²) in [6.07, 6.45) is 1.72. The molecule has 164 valence electrons. The lowest BCUT2D eigenvalue weighted by atomic mass is 9.80. The van der Waals surface area contributed by atoms with Crippen molar-refractivity contribution in [3.63, 3.8) is 0 Å². The first-order valence-corrected chi connectivity index (χ1v) is 10.0. The third kappa shape index (κ3) is 3.93. The zero-order valence-electron chi connectivity index (χ0n) is 17.0. The predicted molar refractivity (Wildman–Crippen MR) is 108 cm³/mol. The number of imide groups is 1. The normalized spacial score (nSPS) is 19.0. The van der Waals surface area contributed by atoms with Gasteiger partial charge in [-0.25, -0.2) is 25.1 Å². The molecule has 1 saturated heterocycles. The van der Waals surface area contributed by atoms with E-state index in [0.717, 1.165) is 4.90 Å². The molecular weight excluding hydrogens is 420 g/mol. The molecule has 1 aliphatic heterocycles. The molecule has 1 aliphatic carbocycles. The van der Waals surface area contributed by atoms with Crippen LogP contribution in [-0.4, -0.2) is 50.6 Å². The topological polar surface area (TPSA) is 96.6 Å². The highest BCUT2D eigenvalue weighted by Crippen LogP contribution is 2.41. The number of benzene rings is 1. The Morgan fingerprint density at radius 2 is 1.75 bits per heavy atom. The Kier molecular flexibility index (Phi) is 5.42. The number of alkyl halides is 2. The summed E-state index contributed by atoms with van der Waals surface area (Å²) < 4.78 is 27.0. The summed E-state index contributed by atoms with van der Waals surface area (Å²) in [5, 5.41) is 2.52. The SMILES string of the molecule is [C-]#[N+]Cc1nccnc1-c1ccc(C(=O)CN2C(=O)NC3(CCC(F)(F)CC3)C2=O)cc1. The minimum Gasteiger partial charge on any atom is -0.323 e. The third-order valence-corrected chi connectivity index (χ3v) is 5.87. The van der Waals surface area contributed by atoms with Gasteiger partial charge in [0.2, 0.25) is 5.92 Å². The number of urea groups is 1. The fourth-order valence-electron chi connectivity index (χ4n) is 4.05. The molecule has 1 spiro atoms. The first-order chi connectivity index (χ1) is 15.2. The Bertz CT molecular complexity index is 1120. The lowest BCUT2D eigenvalue weighted by Crippen LogP contribution is -2.51. The van der Waals surface area contributed by atoms with Gasteiger partial charge in [-0.3, -0.25) is 19.5 Å². The number of halogens is 2. The standard InChI is InChI=1S/C22H19F2N5O3/c1-25-12-16-18(27-11-10-26-16)15-4-2-14(3-5-15)17(30)13-29-19(31)21(28-20(29)32)6-8-22(23,24)9-7-21/h2-5,10-11H,6-9,12-13H2,(H,28,32). The van der Waals surface area contributed by atoms with Crippen molar-refractivity contribution in [3.8, 4) is 11.3 Å². The number of rotatable bonds is 5. The van der Waals surface area contributed by atoms with Crippen LogP contribution in [0.25, 0.3) is 16.1 Å². The van der Waals surface area contributed by atoms with Crippen molar-refractivity contribution >= 4 is 17.7 Å². The molecule has 1 saturated carbocycles. The van der Waals surface area contributed by atoms with Gasteiger partial charge in [-0.05, 0) is 12.8 Å². The van der Waals surface area contributed by atoms with Gasteiger partial charge in [0.05, 0.1) is 12.2 Å². The quantitative estimate of drug-likeness (QED) is 0.438. The van der Waals surface area contributed by atoms with Crippen molar-refractivity contribution in [2.75, 3.05) is 6.54 Å². The molecular formula is C22H19F2N5O3. The zero-order chi connectivity index (χ0) is 22.9. The van der Waals surface area contributed by atoms with E-state index < -0.39 is 48.6 Å². The number of carbonyl (C=O) groups excluding carboxylic acids is 3. The molecule has 8 nitrogen and oxygen atoms in total. The van der Waals surface area contributed by atoms with E-state index in [1.54, 1.807) is 24.3 Å². The molecule has 0 bridgehead atoms. The van der Waals surface area contributed by atoms with Crippen LogP contribution in [0.5, 0.6) is 0 Å². The summed E-state index contributed by atoms with van der Waals surface area (Å²) in [6, 6.07) is 5.66. The van der Waals surface area contributed by atoms with Crippen LogP contribution >= 0.6 is 0 Å². The number of hydrogen-bond donors (Lipinski definition) is 1. The molecule has 1 aromatic carbocycles. The van der Waals surface area contributed by atoms with Gasteiger partial charge in [-0.1, -0.05) is 24.3 Å². The molecule has 0 atom stereocenters. The number of amides is 3. The van der Waals surface area contributed by atoms with Gasteiger partial charge in [-0.2, -0.15) is 0 Å². The van der Waals surface area contributed by atoms with Gasteiger partial charge in [0.25, 0.3) is 12.5 Å². The number of hydrogen-bond acceptors (Lipinski definition) is 5. The molecule has 1 N–H and O–H groups in total. The van der Waals surface area contributed by atoms with Gasteiger partial charge < -0.3 is 10.2 Å². The number of nitrogens with zero attached hydrogens (tertiary/aromatic N) is 4. The predicted octanol–water partition coefficient (Wildman–Crippen LogP) is 3.25. The van der Waals surface area contributed by atoms with Crippen molar-refractivity contribution in [2.45, 2.75) is 43.7 Å². The van der Waals surface area contributed by atoms with Gasteiger partial charge in [-0.15, -0.1) is 0 Å². The second-order valence-electron chi connectivity index (χ2n) is 7.93. The van der Waals surface area contributed by atoms with Crippen LogP contribution < -0.4 is 5.32 Å². The van der Waals surface area contributed by atoms with Crippen LogP contribution in [0.4, 0.5) is 13.6 Å². The Labute approximate surface area is 182 Å². The fourth-order valence-corrected chi connectivity index (χ4v) is 4.05. The highest BCUT2D eigenvalue weighted by molar-refractivity contribution is 6.11. The minimum atomic E-state index is -2.85. The molecule has 2 aliphatic rings. The van der Waals surface area contributed by atoms with Crippen LogP contribution in [0.1, 0.15) is 41.7 Å². The van der Waals surface area contributed by atoms with E-state index in [0.29, 0.717) is 17.0 Å². The zero-order valence-corrected chi connectivity index (χ0v) is 17.0. The van der Waals surface area contributed by atoms with Crippen molar-refractivity contribution in [3.05, 3.63) is 59.3 Å². The smallest absolute Gasteiger partial charge is 0.323 e. The summed E-state index contributed by atoms with van der Waals surface area (Å²) in [5.74, 6) is -3.94. The van der Waals surface area contributed by atoms with E-state index in [2.05, 4.69) is 20.1 Å². The largest absolute Gasteiger partial charge is 0.325 e. The van der Waals surface area contributed by atoms with Crippen molar-refractivity contribution < 1.29 is 23.2 Å². The molecule has 32 heavy (non-hydrogen) atoms. The first kappa shape index (κ1) is 21.5. The number of Topliss-reactive ketones (excluding diaryl/α,β-unsaturated/α-hetero) is 1. The van der Waals surface area contributed by atoms with Gasteiger partial charge in [0.1, 0.15) is 11.2 Å². The molecule has 2 fully saturated rings. The second-order valence-corrected chi connectivity index (χ2v) is 7.93. The van der Waals surface area contributed by atoms with Crippen LogP contribution in [-0.2, 0) is 11.3 Å². The van der Waals surface area contributed by atoms with E-state index in [-0.39, 0.29) is 24.9 Å². The van der Waals surface area contributed by atoms with Gasteiger partial charge in [0.15, 0.2) is 5.78 Å². The Balaban J connectivity index is 1.47. The number of aromatic nitrogens is 2. The highest BCUT2D eigenvalue weighted by atomic mass is 19.3. The highest BCUT2D eigenvalue weighted by Gasteiger charge is 2.55. The third-order valence-electron chi connectivity index (χ3n) is 5.87. The van der Waals surface area contributed by atoms with E-state index in [4.69, 9.17) is 6.57 Å². The Morgan fingerprint density at radius 3 is 2.41 bits per heavy atom. The fraction of sp³-hybridized carbons (Fsp3) is 0.364. The molecule has 2 heterocycles. The number of ketones is 1. The van der Waals surface area contributed by atoms with Gasteiger partial charge in [0, 0.05) is 36.4 Å². The number of carbonyl (C=O) groups is 3. The molecule has 2 aromatic rings. The van der Waals surface area contributed by atoms with Crippen LogP contribution in [0.2, 0.25) is 0 Å². The van der Waals surface area contributed by atoms with Crippen LogP contribution in [0.15, 0.2) is 36.7 Å². The minimum absolute atomic E-state index is 0.0731. The van der Waals surface area contributed by atoms with Crippen LogP contribution in [0, 0.1) is 6.57 Å². The van der Waals surface area contributed by atoms with Gasteiger partial charge >= 0.3 is 6.03 Å². The molecule has 0 unspecified atom stereocenters. The first-order valence-electron chi connectivity index (χ1n) is 10.0. The summed E-state index contributed by atoms with van der Waals surface area (Å²) in [5.41, 5.74) is 0.650. The molecule has 4 rings (SSSR count). The van der Waals surface area contributed by atoms with E-state index in [1.807, 2.05) is 0 Å². The summed E-state index contributed by atoms with van der Waals surface area (Å²) in [7, 11) is 0. The van der Waals surface area contributed by atoms with Crippen molar-refractivity contribution in [1.82, 2.24) is 20.2 Å². The van der Waals surface area contributed by atoms with Crippen molar-refractivity contribution in [2.24, 2.45) is 0 Å². The molecule has 3 amide bonds. The summed E-state index contributed by atoms with van der Waals surface area (Å²) in [4.78, 5) is 50.4. The lowest BCUT2D eigenvalue weighted by Gasteiger charge is -2.34. The monoisotopic (exact) mass is 439 g/mol. The summed E-state index contributed by atoms with van der Waals surface area (Å²) in [6.45, 7) is 6.63. The summed E-state index contributed by atoms with van der Waals surface area (Å²) >= 11 is 0.